The number of nitrogens with one attached hydrogen (secondary N) is 1. The van der Waals surface area contributed by atoms with Crippen LogP contribution in [0.4, 0.5) is 11.5 Å². The zero-order chi connectivity index (χ0) is 21.2. The summed E-state index contributed by atoms with van der Waals surface area (Å²) in [5, 5.41) is 14.7. The van der Waals surface area contributed by atoms with Crippen LogP contribution in [0.3, 0.4) is 0 Å². The largest absolute Gasteiger partial charge is 0.495 e. The Morgan fingerprint density at radius 3 is 2.87 bits per heavy atom. The standard InChI is InChI=1S/C23H22ClN3O3S/c1-29-19-4-2-3-18(24)21(19)31-26-22-16-10-23(7-8-23)17-6-5-13(27-11-14(28)12-27)9-15(17)20(16)30-25-22/h2-6,9,14,28H,7-8,10-12H2,1H3,(H,25,26). The van der Waals surface area contributed by atoms with Crippen LogP contribution in [0.15, 0.2) is 45.8 Å². The number of methoxy groups -OCH3 is 1. The number of anilines is 2. The topological polar surface area (TPSA) is 70.8 Å². The second-order valence-corrected chi connectivity index (χ2v) is 9.78. The maximum Gasteiger partial charge on any atom is 0.183 e. The lowest BCUT2D eigenvalue weighted by atomic mass is 9.79. The van der Waals surface area contributed by atoms with Crippen LogP contribution < -0.4 is 14.4 Å². The zero-order valence-corrected chi connectivity index (χ0v) is 18.6. The average Bonchev–Trinajstić information content (AvgIpc) is 3.41. The van der Waals surface area contributed by atoms with Crippen molar-refractivity contribution in [3.8, 4) is 17.1 Å². The number of nitrogens with zero attached hydrogens (tertiary/aromatic N) is 2. The number of hydrogen-bond acceptors (Lipinski definition) is 7. The fourth-order valence-electron chi connectivity index (χ4n) is 4.69. The molecule has 0 atom stereocenters. The molecule has 6 nitrogen and oxygen atoms in total. The maximum atomic E-state index is 9.68. The van der Waals surface area contributed by atoms with Crippen molar-refractivity contribution in [1.82, 2.24) is 5.16 Å². The van der Waals surface area contributed by atoms with Gasteiger partial charge in [0.05, 0.1) is 23.1 Å². The van der Waals surface area contributed by atoms with E-state index < -0.39 is 0 Å². The number of fused-ring (bicyclic) bond motifs is 4. The minimum atomic E-state index is -0.235. The number of β-amino-alcohol motifs (C(OH)–C–C–N with tert-alkyl or cyclic N) is 1. The Bertz CT molecular complexity index is 1170. The van der Waals surface area contributed by atoms with Crippen LogP contribution >= 0.6 is 23.5 Å². The molecule has 2 fully saturated rings. The molecule has 6 rings (SSSR count). The van der Waals surface area contributed by atoms with E-state index in [-0.39, 0.29) is 11.5 Å². The number of halogens is 1. The van der Waals surface area contributed by atoms with Gasteiger partial charge in [0.1, 0.15) is 5.75 Å². The average molecular weight is 456 g/mol. The molecule has 0 bridgehead atoms. The number of benzene rings is 2. The molecule has 31 heavy (non-hydrogen) atoms. The molecule has 2 aliphatic carbocycles. The lowest BCUT2D eigenvalue weighted by molar-refractivity contribution is 0.142. The Hall–Kier alpha value is -2.35. The van der Waals surface area contributed by atoms with E-state index in [0.29, 0.717) is 23.9 Å². The van der Waals surface area contributed by atoms with E-state index in [1.54, 1.807) is 7.11 Å². The van der Waals surface area contributed by atoms with Gasteiger partial charge in [-0.25, -0.2) is 0 Å². The number of aliphatic hydroxyl groups excluding tert-OH is 1. The van der Waals surface area contributed by atoms with Gasteiger partial charge in [0.2, 0.25) is 0 Å². The lowest BCUT2D eigenvalue weighted by Gasteiger charge is -2.38. The van der Waals surface area contributed by atoms with E-state index in [1.807, 2.05) is 18.2 Å². The number of ether oxygens (including phenoxy) is 1. The molecule has 160 valence electrons. The van der Waals surface area contributed by atoms with Crippen molar-refractivity contribution in [2.75, 3.05) is 29.8 Å². The first kappa shape index (κ1) is 19.3. The molecule has 2 aromatic carbocycles. The number of hydrogen-bond donors (Lipinski definition) is 2. The molecule has 2 heterocycles. The van der Waals surface area contributed by atoms with Gasteiger partial charge in [0.15, 0.2) is 11.6 Å². The summed E-state index contributed by atoms with van der Waals surface area (Å²) in [5.41, 5.74) is 4.90. The molecule has 0 unspecified atom stereocenters. The van der Waals surface area contributed by atoms with E-state index in [9.17, 15) is 5.11 Å². The molecule has 8 heteroatoms. The van der Waals surface area contributed by atoms with Gasteiger partial charge in [-0.2, -0.15) is 0 Å². The summed E-state index contributed by atoms with van der Waals surface area (Å²) in [4.78, 5) is 3.01. The molecule has 1 aliphatic heterocycles. The highest BCUT2D eigenvalue weighted by Crippen LogP contribution is 2.59. The van der Waals surface area contributed by atoms with Gasteiger partial charge in [-0.1, -0.05) is 28.9 Å². The van der Waals surface area contributed by atoms with Crippen molar-refractivity contribution in [1.29, 1.82) is 0 Å². The normalized spacial score (nSPS) is 18.4. The highest BCUT2D eigenvalue weighted by molar-refractivity contribution is 8.00. The van der Waals surface area contributed by atoms with Gasteiger partial charge in [-0.3, -0.25) is 0 Å². The zero-order valence-electron chi connectivity index (χ0n) is 17.0. The van der Waals surface area contributed by atoms with E-state index in [4.69, 9.17) is 20.9 Å². The van der Waals surface area contributed by atoms with Gasteiger partial charge >= 0.3 is 0 Å². The molecule has 0 radical (unpaired) electrons. The smallest absolute Gasteiger partial charge is 0.183 e. The molecule has 0 amide bonds. The Morgan fingerprint density at radius 1 is 1.29 bits per heavy atom. The van der Waals surface area contributed by atoms with Crippen LogP contribution in [0.1, 0.15) is 24.0 Å². The fourth-order valence-corrected chi connectivity index (χ4v) is 5.75. The van der Waals surface area contributed by atoms with Crippen LogP contribution in [0.2, 0.25) is 5.02 Å². The summed E-state index contributed by atoms with van der Waals surface area (Å²) in [6.07, 6.45) is 3.04. The minimum absolute atomic E-state index is 0.185. The molecule has 1 saturated heterocycles. The molecule has 1 spiro atoms. The van der Waals surface area contributed by atoms with Crippen molar-refractivity contribution < 1.29 is 14.4 Å². The molecule has 3 aliphatic rings. The Balaban J connectivity index is 1.34. The molecule has 1 saturated carbocycles. The molecule has 3 aromatic rings. The predicted molar refractivity (Wildman–Crippen MR) is 122 cm³/mol. The first-order valence-electron chi connectivity index (χ1n) is 10.4. The van der Waals surface area contributed by atoms with Gasteiger partial charge in [0.25, 0.3) is 0 Å². The summed E-state index contributed by atoms with van der Waals surface area (Å²) in [7, 11) is 1.64. The third-order valence-corrected chi connectivity index (χ3v) is 7.95. The van der Waals surface area contributed by atoms with E-state index in [1.165, 1.54) is 30.4 Å². The van der Waals surface area contributed by atoms with Crippen LogP contribution in [0.5, 0.6) is 5.75 Å². The second-order valence-electron chi connectivity index (χ2n) is 8.56. The van der Waals surface area contributed by atoms with Gasteiger partial charge in [-0.05, 0) is 61.0 Å². The SMILES string of the molecule is COc1cccc(Cl)c1SNc1noc2c1CC1(CC1)c1ccc(N3CC(O)C3)cc1-2. The second kappa shape index (κ2) is 7.08. The third kappa shape index (κ3) is 3.10. The Morgan fingerprint density at radius 2 is 2.13 bits per heavy atom. The Kier molecular flexibility index (Phi) is 4.42. The van der Waals surface area contributed by atoms with Crippen LogP contribution in [0.25, 0.3) is 11.3 Å². The summed E-state index contributed by atoms with van der Waals surface area (Å²) in [5.74, 6) is 2.29. The first-order valence-corrected chi connectivity index (χ1v) is 11.6. The van der Waals surface area contributed by atoms with E-state index in [2.05, 4.69) is 33.0 Å². The van der Waals surface area contributed by atoms with Crippen molar-refractivity contribution in [3.05, 3.63) is 52.5 Å². The Labute approximate surface area is 189 Å². The van der Waals surface area contributed by atoms with Crippen LogP contribution in [-0.4, -0.2) is 36.6 Å². The fraction of sp³-hybridized carbons (Fsp3) is 0.348. The molecule has 2 N–H and O–H groups in total. The van der Waals surface area contributed by atoms with E-state index in [0.717, 1.165) is 39.7 Å². The van der Waals surface area contributed by atoms with Crippen molar-refractivity contribution in [2.24, 2.45) is 0 Å². The summed E-state index contributed by atoms with van der Waals surface area (Å²) in [6.45, 7) is 1.35. The highest BCUT2D eigenvalue weighted by Gasteiger charge is 2.50. The van der Waals surface area contributed by atoms with Gasteiger partial charge in [-0.15, -0.1) is 0 Å². The third-order valence-electron chi connectivity index (χ3n) is 6.60. The van der Waals surface area contributed by atoms with Crippen molar-refractivity contribution in [2.45, 2.75) is 35.7 Å². The van der Waals surface area contributed by atoms with Crippen molar-refractivity contribution in [3.63, 3.8) is 0 Å². The molecular weight excluding hydrogens is 434 g/mol. The van der Waals surface area contributed by atoms with Crippen LogP contribution in [0, 0.1) is 0 Å². The van der Waals surface area contributed by atoms with Gasteiger partial charge in [0, 0.05) is 35.3 Å². The van der Waals surface area contributed by atoms with E-state index >= 15 is 0 Å². The van der Waals surface area contributed by atoms with Gasteiger partial charge < -0.3 is 24.0 Å². The maximum absolute atomic E-state index is 9.68. The summed E-state index contributed by atoms with van der Waals surface area (Å²) in [6, 6.07) is 12.2. The summed E-state index contributed by atoms with van der Waals surface area (Å²) >= 11 is 7.77. The monoisotopic (exact) mass is 455 g/mol. The lowest BCUT2D eigenvalue weighted by Crippen LogP contribution is -2.50. The van der Waals surface area contributed by atoms with Crippen molar-refractivity contribution >= 4 is 35.1 Å². The molecular formula is C23H22ClN3O3S. The first-order chi connectivity index (χ1) is 15.1. The minimum Gasteiger partial charge on any atom is -0.495 e. The number of aromatic nitrogens is 1. The quantitative estimate of drug-likeness (QED) is 0.530. The van der Waals surface area contributed by atoms with Crippen LogP contribution in [-0.2, 0) is 11.8 Å². The molecule has 1 aromatic heterocycles. The highest BCUT2D eigenvalue weighted by atomic mass is 35.5. The number of rotatable bonds is 5. The summed E-state index contributed by atoms with van der Waals surface area (Å²) < 4.78 is 14.7. The number of aliphatic hydroxyl groups is 1. The predicted octanol–water partition coefficient (Wildman–Crippen LogP) is 4.89.